The highest BCUT2D eigenvalue weighted by molar-refractivity contribution is 5.21. The summed E-state index contributed by atoms with van der Waals surface area (Å²) in [5.74, 6) is 2.94. The van der Waals surface area contributed by atoms with Gasteiger partial charge >= 0.3 is 0 Å². The van der Waals surface area contributed by atoms with Gasteiger partial charge in [0.05, 0.1) is 0 Å². The highest BCUT2D eigenvalue weighted by atomic mass is 14.4. The van der Waals surface area contributed by atoms with Crippen LogP contribution >= 0.6 is 0 Å². The summed E-state index contributed by atoms with van der Waals surface area (Å²) in [6.45, 7) is 0. The summed E-state index contributed by atoms with van der Waals surface area (Å²) in [5.41, 5.74) is 1.60. The molecule has 0 heteroatoms. The molecule has 0 aromatic heterocycles. The summed E-state index contributed by atoms with van der Waals surface area (Å²) >= 11 is 0. The third kappa shape index (κ3) is 1.37. The van der Waals surface area contributed by atoms with E-state index in [1.54, 1.807) is 5.56 Å². The molecule has 0 nitrogen and oxygen atoms in total. The lowest BCUT2D eigenvalue weighted by atomic mass is 9.63. The van der Waals surface area contributed by atoms with Crippen molar-refractivity contribution in [3.05, 3.63) is 35.9 Å². The SMILES string of the molecule is c1ccc([C@H]2CC3CCC2CC3)cc1. The molecule has 2 bridgehead atoms. The molecule has 1 aromatic rings. The van der Waals surface area contributed by atoms with Crippen molar-refractivity contribution in [2.75, 3.05) is 0 Å². The number of benzene rings is 1. The Hall–Kier alpha value is -0.780. The molecule has 0 saturated heterocycles. The average Bonchev–Trinajstić information content (AvgIpc) is 2.32. The Labute approximate surface area is 86.3 Å². The Bertz CT molecular complexity index is 293. The van der Waals surface area contributed by atoms with Crippen LogP contribution in [0.1, 0.15) is 43.6 Å². The van der Waals surface area contributed by atoms with E-state index in [1.165, 1.54) is 32.1 Å². The fourth-order valence-corrected chi connectivity index (χ4v) is 3.49. The summed E-state index contributed by atoms with van der Waals surface area (Å²) in [7, 11) is 0. The smallest absolute Gasteiger partial charge is 0.0131 e. The van der Waals surface area contributed by atoms with Gasteiger partial charge in [-0.15, -0.1) is 0 Å². The number of rotatable bonds is 1. The first-order valence-corrected chi connectivity index (χ1v) is 5.98. The van der Waals surface area contributed by atoms with Gasteiger partial charge in [-0.25, -0.2) is 0 Å². The van der Waals surface area contributed by atoms with Gasteiger partial charge in [-0.3, -0.25) is 0 Å². The normalized spacial score (nSPS) is 35.9. The molecular formula is C14H18. The van der Waals surface area contributed by atoms with E-state index in [9.17, 15) is 0 Å². The maximum Gasteiger partial charge on any atom is -0.0131 e. The molecule has 0 heterocycles. The summed E-state index contributed by atoms with van der Waals surface area (Å²) in [4.78, 5) is 0. The number of fused-ring (bicyclic) bond motifs is 3. The Kier molecular flexibility index (Phi) is 2.08. The standard InChI is InChI=1S/C14H18/c1-2-4-12(5-3-1)14-10-11-6-8-13(14)9-7-11/h1-5,11,13-14H,6-10H2/t11?,13?,14-/m1/s1. The molecule has 1 atom stereocenters. The fourth-order valence-electron chi connectivity index (χ4n) is 3.49. The van der Waals surface area contributed by atoms with Crippen LogP contribution in [0.5, 0.6) is 0 Å². The maximum atomic E-state index is 2.32. The van der Waals surface area contributed by atoms with E-state index in [1.807, 2.05) is 0 Å². The van der Waals surface area contributed by atoms with Crippen molar-refractivity contribution in [2.45, 2.75) is 38.0 Å². The minimum Gasteiger partial charge on any atom is -0.0622 e. The molecule has 3 aliphatic rings. The van der Waals surface area contributed by atoms with Crippen LogP contribution in [-0.2, 0) is 0 Å². The van der Waals surface area contributed by atoms with Crippen molar-refractivity contribution in [1.82, 2.24) is 0 Å². The molecule has 4 rings (SSSR count). The van der Waals surface area contributed by atoms with Gasteiger partial charge in [0, 0.05) is 0 Å². The van der Waals surface area contributed by atoms with Crippen molar-refractivity contribution in [3.63, 3.8) is 0 Å². The maximum absolute atomic E-state index is 2.32. The van der Waals surface area contributed by atoms with E-state index in [0.717, 1.165) is 17.8 Å². The van der Waals surface area contributed by atoms with E-state index >= 15 is 0 Å². The topological polar surface area (TPSA) is 0 Å². The van der Waals surface area contributed by atoms with Crippen LogP contribution in [0.25, 0.3) is 0 Å². The molecule has 0 unspecified atom stereocenters. The van der Waals surface area contributed by atoms with Gasteiger partial charge in [-0.1, -0.05) is 43.2 Å². The van der Waals surface area contributed by atoms with Crippen molar-refractivity contribution in [1.29, 1.82) is 0 Å². The summed E-state index contributed by atoms with van der Waals surface area (Å²) < 4.78 is 0. The largest absolute Gasteiger partial charge is 0.0622 e. The lowest BCUT2D eigenvalue weighted by Gasteiger charge is -2.42. The van der Waals surface area contributed by atoms with Gasteiger partial charge in [0.2, 0.25) is 0 Å². The molecule has 3 fully saturated rings. The first-order chi connectivity index (χ1) is 6.93. The minimum absolute atomic E-state index is 0.892. The van der Waals surface area contributed by atoms with Gasteiger partial charge < -0.3 is 0 Å². The molecule has 0 spiro atoms. The monoisotopic (exact) mass is 186 g/mol. The Morgan fingerprint density at radius 3 is 2.14 bits per heavy atom. The molecule has 74 valence electrons. The van der Waals surface area contributed by atoms with Crippen LogP contribution in [0.2, 0.25) is 0 Å². The van der Waals surface area contributed by atoms with Gasteiger partial charge in [-0.05, 0) is 42.6 Å². The predicted octanol–water partition coefficient (Wildman–Crippen LogP) is 3.98. The van der Waals surface area contributed by atoms with E-state index < -0.39 is 0 Å². The van der Waals surface area contributed by atoms with E-state index in [0.29, 0.717) is 0 Å². The molecule has 0 radical (unpaired) electrons. The average molecular weight is 186 g/mol. The predicted molar refractivity (Wildman–Crippen MR) is 59.2 cm³/mol. The van der Waals surface area contributed by atoms with Crippen molar-refractivity contribution >= 4 is 0 Å². The lowest BCUT2D eigenvalue weighted by molar-refractivity contribution is 0.145. The summed E-state index contributed by atoms with van der Waals surface area (Å²) in [6, 6.07) is 11.2. The van der Waals surface area contributed by atoms with Crippen LogP contribution in [0, 0.1) is 11.8 Å². The molecule has 0 N–H and O–H groups in total. The number of hydrogen-bond donors (Lipinski definition) is 0. The first kappa shape index (κ1) is 8.52. The van der Waals surface area contributed by atoms with Crippen molar-refractivity contribution in [2.24, 2.45) is 11.8 Å². The second-order valence-corrected chi connectivity index (χ2v) is 5.03. The van der Waals surface area contributed by atoms with Crippen molar-refractivity contribution < 1.29 is 0 Å². The van der Waals surface area contributed by atoms with E-state index in [2.05, 4.69) is 30.3 Å². The second kappa shape index (κ2) is 3.42. The zero-order valence-electron chi connectivity index (χ0n) is 8.65. The molecule has 0 amide bonds. The highest BCUT2D eigenvalue weighted by Gasteiger charge is 2.35. The molecule has 0 aliphatic heterocycles. The Balaban J connectivity index is 1.86. The lowest BCUT2D eigenvalue weighted by Crippen LogP contribution is -2.29. The summed E-state index contributed by atoms with van der Waals surface area (Å²) in [5, 5.41) is 0. The number of hydrogen-bond acceptors (Lipinski definition) is 0. The zero-order valence-corrected chi connectivity index (χ0v) is 8.65. The molecule has 1 aromatic carbocycles. The van der Waals surface area contributed by atoms with E-state index in [-0.39, 0.29) is 0 Å². The van der Waals surface area contributed by atoms with Gasteiger partial charge in [-0.2, -0.15) is 0 Å². The minimum atomic E-state index is 0.892. The zero-order chi connectivity index (χ0) is 9.38. The Morgan fingerprint density at radius 2 is 1.57 bits per heavy atom. The van der Waals surface area contributed by atoms with Crippen LogP contribution in [0.15, 0.2) is 30.3 Å². The third-order valence-corrected chi connectivity index (χ3v) is 4.28. The van der Waals surface area contributed by atoms with Crippen LogP contribution in [-0.4, -0.2) is 0 Å². The molecule has 14 heavy (non-hydrogen) atoms. The van der Waals surface area contributed by atoms with Gasteiger partial charge in [0.1, 0.15) is 0 Å². The molecule has 3 saturated carbocycles. The quantitative estimate of drug-likeness (QED) is 0.622. The fraction of sp³-hybridized carbons (Fsp3) is 0.571. The van der Waals surface area contributed by atoms with Gasteiger partial charge in [0.15, 0.2) is 0 Å². The molecular weight excluding hydrogens is 168 g/mol. The highest BCUT2D eigenvalue weighted by Crippen LogP contribution is 2.49. The third-order valence-electron chi connectivity index (χ3n) is 4.28. The van der Waals surface area contributed by atoms with Crippen molar-refractivity contribution in [3.8, 4) is 0 Å². The van der Waals surface area contributed by atoms with Gasteiger partial charge in [0.25, 0.3) is 0 Å². The second-order valence-electron chi connectivity index (χ2n) is 5.03. The first-order valence-electron chi connectivity index (χ1n) is 5.98. The van der Waals surface area contributed by atoms with Crippen LogP contribution in [0.3, 0.4) is 0 Å². The van der Waals surface area contributed by atoms with E-state index in [4.69, 9.17) is 0 Å². The van der Waals surface area contributed by atoms with Crippen LogP contribution in [0.4, 0.5) is 0 Å². The van der Waals surface area contributed by atoms with Crippen LogP contribution < -0.4 is 0 Å². The summed E-state index contributed by atoms with van der Waals surface area (Å²) in [6.07, 6.45) is 7.46. The molecule has 3 aliphatic carbocycles. The Morgan fingerprint density at radius 1 is 0.857 bits per heavy atom.